The van der Waals surface area contributed by atoms with E-state index >= 15 is 0 Å². The summed E-state index contributed by atoms with van der Waals surface area (Å²) < 4.78 is 5.16. The van der Waals surface area contributed by atoms with Crippen molar-refractivity contribution in [3.05, 3.63) is 42.1 Å². The topological polar surface area (TPSA) is 74.7 Å². The summed E-state index contributed by atoms with van der Waals surface area (Å²) in [6.07, 6.45) is 3.53. The average molecular weight is 214 g/mol. The summed E-state index contributed by atoms with van der Waals surface area (Å²) in [5.74, 6) is 1.32. The molecule has 0 saturated heterocycles. The number of hydrogen-bond acceptors (Lipinski definition) is 5. The van der Waals surface area contributed by atoms with Crippen LogP contribution in [-0.4, -0.2) is 9.97 Å². The van der Waals surface area contributed by atoms with Crippen LogP contribution in [-0.2, 0) is 13.0 Å². The third-order valence-electron chi connectivity index (χ3n) is 1.97. The minimum absolute atomic E-state index is 0.290. The molecule has 2 heterocycles. The SMILES string of the molecule is N#CCc1ccnc(NCc2ccco2)n1. The predicted molar refractivity (Wildman–Crippen MR) is 57.4 cm³/mol. The van der Waals surface area contributed by atoms with E-state index in [4.69, 9.17) is 9.68 Å². The van der Waals surface area contributed by atoms with Crippen molar-refractivity contribution in [3.8, 4) is 6.07 Å². The van der Waals surface area contributed by atoms with Crippen LogP contribution in [0.1, 0.15) is 11.5 Å². The maximum absolute atomic E-state index is 8.54. The Kier molecular flexibility index (Phi) is 3.14. The fourth-order valence-corrected chi connectivity index (χ4v) is 1.24. The van der Waals surface area contributed by atoms with Gasteiger partial charge in [0.05, 0.1) is 31.0 Å². The van der Waals surface area contributed by atoms with Gasteiger partial charge < -0.3 is 9.73 Å². The highest BCUT2D eigenvalue weighted by atomic mass is 16.3. The molecule has 0 atom stereocenters. The van der Waals surface area contributed by atoms with Gasteiger partial charge in [-0.2, -0.15) is 5.26 Å². The normalized spacial score (nSPS) is 9.69. The van der Waals surface area contributed by atoms with Crippen molar-refractivity contribution in [2.75, 3.05) is 5.32 Å². The van der Waals surface area contributed by atoms with E-state index in [9.17, 15) is 0 Å². The molecule has 0 saturated carbocycles. The molecule has 0 aliphatic heterocycles. The first kappa shape index (κ1) is 10.2. The molecule has 0 radical (unpaired) electrons. The number of nitriles is 1. The van der Waals surface area contributed by atoms with E-state index in [0.29, 0.717) is 18.2 Å². The van der Waals surface area contributed by atoms with E-state index in [1.54, 1.807) is 18.5 Å². The van der Waals surface area contributed by atoms with Crippen LogP contribution in [0.25, 0.3) is 0 Å². The molecule has 0 spiro atoms. The molecule has 0 amide bonds. The first-order valence-electron chi connectivity index (χ1n) is 4.83. The Morgan fingerprint density at radius 1 is 1.44 bits per heavy atom. The molecule has 5 nitrogen and oxygen atoms in total. The Hall–Kier alpha value is -2.35. The zero-order valence-corrected chi connectivity index (χ0v) is 8.55. The standard InChI is InChI=1S/C11H10N4O/c12-5-3-9-4-6-13-11(15-9)14-8-10-2-1-7-16-10/h1-2,4,6-7H,3,8H2,(H,13,14,15). The van der Waals surface area contributed by atoms with Gasteiger partial charge in [0.15, 0.2) is 0 Å². The van der Waals surface area contributed by atoms with Gasteiger partial charge in [0.1, 0.15) is 5.76 Å². The third-order valence-corrected chi connectivity index (χ3v) is 1.97. The molecule has 0 unspecified atom stereocenters. The minimum Gasteiger partial charge on any atom is -0.467 e. The second-order valence-corrected chi connectivity index (χ2v) is 3.14. The van der Waals surface area contributed by atoms with E-state index in [0.717, 1.165) is 5.76 Å². The fourth-order valence-electron chi connectivity index (χ4n) is 1.24. The molecule has 1 N–H and O–H groups in total. The van der Waals surface area contributed by atoms with Gasteiger partial charge in [0.25, 0.3) is 0 Å². The molecule has 2 aromatic rings. The van der Waals surface area contributed by atoms with Gasteiger partial charge in [0.2, 0.25) is 5.95 Å². The van der Waals surface area contributed by atoms with Crippen LogP contribution in [0.5, 0.6) is 0 Å². The molecule has 0 aliphatic rings. The number of nitrogens with one attached hydrogen (secondary N) is 1. The summed E-state index contributed by atoms with van der Waals surface area (Å²) in [6, 6.07) is 7.46. The number of rotatable bonds is 4. The van der Waals surface area contributed by atoms with Crippen molar-refractivity contribution in [2.24, 2.45) is 0 Å². The Bertz CT molecular complexity index is 487. The van der Waals surface area contributed by atoms with E-state index in [-0.39, 0.29) is 6.42 Å². The monoisotopic (exact) mass is 214 g/mol. The molecule has 0 bridgehead atoms. The highest BCUT2D eigenvalue weighted by Crippen LogP contribution is 2.05. The molecule has 0 aromatic carbocycles. The van der Waals surface area contributed by atoms with E-state index in [2.05, 4.69) is 15.3 Å². The average Bonchev–Trinajstić information content (AvgIpc) is 2.80. The zero-order valence-electron chi connectivity index (χ0n) is 8.55. The van der Waals surface area contributed by atoms with Crippen LogP contribution >= 0.6 is 0 Å². The zero-order chi connectivity index (χ0) is 11.2. The van der Waals surface area contributed by atoms with Gasteiger partial charge in [-0.15, -0.1) is 0 Å². The number of aromatic nitrogens is 2. The van der Waals surface area contributed by atoms with Gasteiger partial charge in [-0.3, -0.25) is 0 Å². The largest absolute Gasteiger partial charge is 0.467 e. The molecule has 2 aromatic heterocycles. The summed E-state index contributed by atoms with van der Waals surface area (Å²) in [7, 11) is 0. The summed E-state index contributed by atoms with van der Waals surface area (Å²) >= 11 is 0. The molecule has 5 heteroatoms. The van der Waals surface area contributed by atoms with Crippen molar-refractivity contribution >= 4 is 5.95 Å². The van der Waals surface area contributed by atoms with Gasteiger partial charge >= 0.3 is 0 Å². The third kappa shape index (κ3) is 2.58. The van der Waals surface area contributed by atoms with Gasteiger partial charge in [0, 0.05) is 6.20 Å². The number of hydrogen-bond donors (Lipinski definition) is 1. The summed E-state index contributed by atoms with van der Waals surface area (Å²) in [4.78, 5) is 8.22. The molecule has 2 rings (SSSR count). The van der Waals surface area contributed by atoms with Crippen LogP contribution in [0, 0.1) is 11.3 Å². The lowest BCUT2D eigenvalue weighted by Crippen LogP contribution is -2.04. The van der Waals surface area contributed by atoms with Crippen LogP contribution in [0.4, 0.5) is 5.95 Å². The Labute approximate surface area is 92.8 Å². The molecule has 0 fully saturated rings. The fraction of sp³-hybridized carbons (Fsp3) is 0.182. The Balaban J connectivity index is 1.99. The second-order valence-electron chi connectivity index (χ2n) is 3.14. The first-order valence-corrected chi connectivity index (χ1v) is 4.83. The van der Waals surface area contributed by atoms with Crippen LogP contribution in [0.15, 0.2) is 35.1 Å². The summed E-state index contributed by atoms with van der Waals surface area (Å²) in [6.45, 7) is 0.531. The van der Waals surface area contributed by atoms with Crippen molar-refractivity contribution < 1.29 is 4.42 Å². The van der Waals surface area contributed by atoms with Gasteiger partial charge in [-0.1, -0.05) is 0 Å². The van der Waals surface area contributed by atoms with E-state index in [1.807, 2.05) is 18.2 Å². The van der Waals surface area contributed by atoms with Crippen molar-refractivity contribution in [3.63, 3.8) is 0 Å². The van der Waals surface area contributed by atoms with Gasteiger partial charge in [-0.25, -0.2) is 9.97 Å². The highest BCUT2D eigenvalue weighted by Gasteiger charge is 2.00. The number of nitrogens with zero attached hydrogens (tertiary/aromatic N) is 3. The van der Waals surface area contributed by atoms with Gasteiger partial charge in [-0.05, 0) is 18.2 Å². The number of anilines is 1. The molecule has 80 valence electrons. The van der Waals surface area contributed by atoms with Crippen LogP contribution < -0.4 is 5.32 Å². The smallest absolute Gasteiger partial charge is 0.223 e. The van der Waals surface area contributed by atoms with Crippen molar-refractivity contribution in [1.82, 2.24) is 9.97 Å². The maximum Gasteiger partial charge on any atom is 0.223 e. The Morgan fingerprint density at radius 2 is 2.38 bits per heavy atom. The lowest BCUT2D eigenvalue weighted by atomic mass is 10.3. The molecular weight excluding hydrogens is 204 g/mol. The molecule has 0 aliphatic carbocycles. The highest BCUT2D eigenvalue weighted by molar-refractivity contribution is 5.26. The van der Waals surface area contributed by atoms with Crippen LogP contribution in [0.2, 0.25) is 0 Å². The van der Waals surface area contributed by atoms with Crippen molar-refractivity contribution in [2.45, 2.75) is 13.0 Å². The van der Waals surface area contributed by atoms with E-state index < -0.39 is 0 Å². The van der Waals surface area contributed by atoms with Crippen molar-refractivity contribution in [1.29, 1.82) is 5.26 Å². The maximum atomic E-state index is 8.54. The predicted octanol–water partition coefficient (Wildman–Crippen LogP) is 1.75. The summed E-state index contributed by atoms with van der Waals surface area (Å²) in [5, 5.41) is 11.6. The quantitative estimate of drug-likeness (QED) is 0.839. The molecular formula is C11H10N4O. The lowest BCUT2D eigenvalue weighted by molar-refractivity contribution is 0.517. The second kappa shape index (κ2) is 4.94. The lowest BCUT2D eigenvalue weighted by Gasteiger charge is -2.02. The number of furan rings is 1. The first-order chi connectivity index (χ1) is 7.88. The van der Waals surface area contributed by atoms with E-state index in [1.165, 1.54) is 0 Å². The molecule has 16 heavy (non-hydrogen) atoms. The Morgan fingerprint density at radius 3 is 3.12 bits per heavy atom. The summed E-state index contributed by atoms with van der Waals surface area (Å²) in [5.41, 5.74) is 0.708. The van der Waals surface area contributed by atoms with Crippen LogP contribution in [0.3, 0.4) is 0 Å². The minimum atomic E-state index is 0.290.